The third kappa shape index (κ3) is 5.41. The number of fused-ring (bicyclic) bond motifs is 8. The van der Waals surface area contributed by atoms with Crippen LogP contribution in [0.15, 0.2) is 212 Å². The van der Waals surface area contributed by atoms with Gasteiger partial charge < -0.3 is 4.90 Å². The van der Waals surface area contributed by atoms with Gasteiger partial charge in [-0.25, -0.2) is 0 Å². The normalized spacial score (nSPS) is 12.3. The molecule has 1 aliphatic heterocycles. The van der Waals surface area contributed by atoms with Gasteiger partial charge >= 0.3 is 0 Å². The molecule has 3 heterocycles. The Bertz CT molecular complexity index is 3360. The zero-order chi connectivity index (χ0) is 38.9. The zero-order valence-corrected chi connectivity index (χ0v) is 33.0. The molecule has 0 bridgehead atoms. The predicted molar refractivity (Wildman–Crippen MR) is 251 cm³/mol. The Morgan fingerprint density at radius 1 is 0.475 bits per heavy atom. The average Bonchev–Trinajstić information content (AvgIpc) is 3.85. The second-order valence-corrected chi connectivity index (χ2v) is 16.4. The van der Waals surface area contributed by atoms with Crippen LogP contribution in [0.25, 0.3) is 58.7 Å². The molecule has 0 unspecified atom stereocenters. The molecule has 59 heavy (non-hydrogen) atoms. The Morgan fingerprint density at radius 3 is 1.95 bits per heavy atom. The molecule has 9 aromatic carbocycles. The van der Waals surface area contributed by atoms with Crippen molar-refractivity contribution in [3.8, 4) is 16.8 Å². The fourth-order valence-electron chi connectivity index (χ4n) is 9.36. The second-order valence-electron chi connectivity index (χ2n) is 15.3. The van der Waals surface area contributed by atoms with Gasteiger partial charge in [0.2, 0.25) is 0 Å². The summed E-state index contributed by atoms with van der Waals surface area (Å²) in [4.78, 5) is 4.95. The van der Waals surface area contributed by atoms with Crippen molar-refractivity contribution in [2.24, 2.45) is 0 Å². The van der Waals surface area contributed by atoms with Crippen LogP contribution in [0.3, 0.4) is 0 Å². The number of hydrogen-bond acceptors (Lipinski definition) is 3. The number of aromatic nitrogens is 1. The Labute approximate surface area is 346 Å². The van der Waals surface area contributed by atoms with Crippen LogP contribution in [0.4, 0.5) is 34.3 Å². The third-order valence-corrected chi connectivity index (χ3v) is 13.2. The molecular formula is C55H37N3S. The van der Waals surface area contributed by atoms with E-state index in [9.17, 15) is 0 Å². The van der Waals surface area contributed by atoms with E-state index in [0.29, 0.717) is 0 Å². The summed E-state index contributed by atoms with van der Waals surface area (Å²) in [5.41, 5.74) is 13.2. The molecule has 0 amide bonds. The number of nitrogens with zero attached hydrogens (tertiary/aromatic N) is 3. The van der Waals surface area contributed by atoms with Gasteiger partial charge in [-0.15, -0.1) is 11.3 Å². The molecule has 0 atom stereocenters. The molecule has 2 aromatic heterocycles. The molecule has 278 valence electrons. The minimum atomic E-state index is 0.809. The summed E-state index contributed by atoms with van der Waals surface area (Å²) < 4.78 is 5.02. The van der Waals surface area contributed by atoms with Crippen molar-refractivity contribution < 1.29 is 0 Å². The van der Waals surface area contributed by atoms with E-state index in [2.05, 4.69) is 227 Å². The molecule has 0 saturated carbocycles. The quantitative estimate of drug-likeness (QED) is 0.167. The first-order valence-corrected chi connectivity index (χ1v) is 21.0. The lowest BCUT2D eigenvalue weighted by atomic mass is 9.95. The number of hydrogen-bond donors (Lipinski definition) is 0. The molecule has 1 aliphatic rings. The molecule has 0 N–H and O–H groups in total. The number of rotatable bonds is 6. The van der Waals surface area contributed by atoms with Gasteiger partial charge in [0.25, 0.3) is 0 Å². The highest BCUT2D eigenvalue weighted by Gasteiger charge is 2.32. The van der Waals surface area contributed by atoms with E-state index in [1.165, 1.54) is 81.3 Å². The molecule has 3 nitrogen and oxygen atoms in total. The van der Waals surface area contributed by atoms with E-state index < -0.39 is 0 Å². The van der Waals surface area contributed by atoms with Crippen LogP contribution in [-0.2, 0) is 6.42 Å². The molecule has 12 rings (SSSR count). The summed E-state index contributed by atoms with van der Waals surface area (Å²) >= 11 is 1.87. The highest BCUT2D eigenvalue weighted by molar-refractivity contribution is 7.26. The molecular weight excluding hydrogens is 735 g/mol. The van der Waals surface area contributed by atoms with Gasteiger partial charge in [-0.05, 0) is 100 Å². The summed E-state index contributed by atoms with van der Waals surface area (Å²) in [6, 6.07) is 77.6. The second kappa shape index (κ2) is 13.6. The van der Waals surface area contributed by atoms with E-state index in [4.69, 9.17) is 0 Å². The number of benzene rings is 9. The minimum Gasteiger partial charge on any atom is -0.309 e. The maximum Gasteiger partial charge on any atom is 0.127 e. The van der Waals surface area contributed by atoms with Crippen molar-refractivity contribution in [3.05, 3.63) is 223 Å². The van der Waals surface area contributed by atoms with Crippen LogP contribution in [0, 0.1) is 0 Å². The smallest absolute Gasteiger partial charge is 0.127 e. The number of para-hydroxylation sites is 3. The van der Waals surface area contributed by atoms with Gasteiger partial charge in [-0.2, -0.15) is 0 Å². The maximum absolute atomic E-state index is 2.47. The summed E-state index contributed by atoms with van der Waals surface area (Å²) in [6.45, 7) is 0. The van der Waals surface area contributed by atoms with Crippen molar-refractivity contribution in [3.63, 3.8) is 0 Å². The predicted octanol–water partition coefficient (Wildman–Crippen LogP) is 15.7. The topological polar surface area (TPSA) is 11.4 Å². The third-order valence-electron chi connectivity index (χ3n) is 12.0. The lowest BCUT2D eigenvalue weighted by Crippen LogP contribution is -2.21. The Kier molecular flexibility index (Phi) is 7.78. The van der Waals surface area contributed by atoms with E-state index in [1.54, 1.807) is 0 Å². The summed E-state index contributed by atoms with van der Waals surface area (Å²) in [6.07, 6.45) is 0.809. The van der Waals surface area contributed by atoms with Gasteiger partial charge in [0.1, 0.15) is 5.82 Å². The largest absolute Gasteiger partial charge is 0.309 e. The van der Waals surface area contributed by atoms with Crippen LogP contribution in [0.1, 0.15) is 11.1 Å². The van der Waals surface area contributed by atoms with Crippen LogP contribution in [0.2, 0.25) is 0 Å². The van der Waals surface area contributed by atoms with E-state index in [1.807, 2.05) is 11.3 Å². The Hall–Kier alpha value is -7.40. The Balaban J connectivity index is 1.07. The van der Waals surface area contributed by atoms with Crippen molar-refractivity contribution >= 4 is 87.4 Å². The molecule has 0 aliphatic carbocycles. The molecule has 0 saturated heterocycles. The standard InChI is InChI=1S/C55H37N3S/c1-3-17-40(18-4-1)57-50-34-33-43(35-39(50)36-49-46-22-9-11-26-51(46)58(55(49)57)41-19-5-2-6-20-41)56(52-27-14-25-48-47-23-10-12-28-53(47)59-54(48)52)42-31-29-38(30-32-42)45-24-13-16-37-15-7-8-21-44(37)45/h1-35H,36H2. The lowest BCUT2D eigenvalue weighted by Gasteiger charge is -2.35. The molecule has 11 aromatic rings. The van der Waals surface area contributed by atoms with Gasteiger partial charge in [-0.1, -0.05) is 140 Å². The fraction of sp³-hybridized carbons (Fsp3) is 0.0182. The highest BCUT2D eigenvalue weighted by Crippen LogP contribution is 2.51. The van der Waals surface area contributed by atoms with Crippen LogP contribution in [0.5, 0.6) is 0 Å². The summed E-state index contributed by atoms with van der Waals surface area (Å²) in [5, 5.41) is 6.37. The van der Waals surface area contributed by atoms with Crippen molar-refractivity contribution in [1.82, 2.24) is 4.57 Å². The first-order valence-electron chi connectivity index (χ1n) is 20.2. The van der Waals surface area contributed by atoms with E-state index >= 15 is 0 Å². The lowest BCUT2D eigenvalue weighted by molar-refractivity contribution is 1.01. The first-order chi connectivity index (χ1) is 29.3. The van der Waals surface area contributed by atoms with Crippen LogP contribution in [-0.4, -0.2) is 4.57 Å². The molecule has 0 radical (unpaired) electrons. The molecule has 0 spiro atoms. The summed E-state index contributed by atoms with van der Waals surface area (Å²) in [5.74, 6) is 1.19. The van der Waals surface area contributed by atoms with Gasteiger partial charge in [0.05, 0.1) is 21.6 Å². The number of thiophene rings is 1. The average molecular weight is 772 g/mol. The SMILES string of the molecule is c1ccc(N2c3ccc(N(c4ccc(-c5cccc6ccccc56)cc4)c4cccc5c4sc4ccccc45)cc3Cc3c2n(-c2ccccc2)c2ccccc32)cc1. The van der Waals surface area contributed by atoms with Crippen molar-refractivity contribution in [2.75, 3.05) is 9.80 Å². The number of anilines is 6. The van der Waals surface area contributed by atoms with Crippen molar-refractivity contribution in [1.29, 1.82) is 0 Å². The molecule has 0 fully saturated rings. The van der Waals surface area contributed by atoms with Crippen LogP contribution >= 0.6 is 11.3 Å². The minimum absolute atomic E-state index is 0.809. The zero-order valence-electron chi connectivity index (χ0n) is 32.2. The van der Waals surface area contributed by atoms with Gasteiger partial charge in [0, 0.05) is 55.6 Å². The van der Waals surface area contributed by atoms with Gasteiger partial charge in [-0.3, -0.25) is 9.47 Å². The van der Waals surface area contributed by atoms with E-state index in [0.717, 1.165) is 29.2 Å². The highest BCUT2D eigenvalue weighted by atomic mass is 32.1. The van der Waals surface area contributed by atoms with Crippen LogP contribution < -0.4 is 9.80 Å². The fourth-order valence-corrected chi connectivity index (χ4v) is 10.6. The Morgan fingerprint density at radius 2 is 1.12 bits per heavy atom. The summed E-state index contributed by atoms with van der Waals surface area (Å²) in [7, 11) is 0. The molecule has 4 heteroatoms. The van der Waals surface area contributed by atoms with Crippen molar-refractivity contribution in [2.45, 2.75) is 6.42 Å². The first kappa shape index (κ1) is 33.7. The monoisotopic (exact) mass is 771 g/mol. The van der Waals surface area contributed by atoms with Gasteiger partial charge in [0.15, 0.2) is 0 Å². The van der Waals surface area contributed by atoms with E-state index in [-0.39, 0.29) is 0 Å². The maximum atomic E-state index is 2.47.